The molecule has 0 radical (unpaired) electrons. The summed E-state index contributed by atoms with van der Waals surface area (Å²) in [4.78, 5) is 14.4. The van der Waals surface area contributed by atoms with Crippen LogP contribution in [0.2, 0.25) is 0 Å². The van der Waals surface area contributed by atoms with Gasteiger partial charge in [-0.1, -0.05) is 109 Å². The van der Waals surface area contributed by atoms with E-state index in [1.807, 2.05) is 79.3 Å². The molecule has 0 aliphatic carbocycles. The number of nitrogens with zero attached hydrogens (tertiary/aromatic N) is 4. The monoisotopic (exact) mass is 737 g/mol. The number of rotatable bonds is 12. The number of hydrogen-bond donors (Lipinski definition) is 0. The van der Waals surface area contributed by atoms with Crippen LogP contribution in [0.3, 0.4) is 0 Å². The zero-order valence-corrected chi connectivity index (χ0v) is 31.5. The molecule has 0 saturated carbocycles. The highest BCUT2D eigenvalue weighted by Crippen LogP contribution is 2.35. The predicted molar refractivity (Wildman–Crippen MR) is 230 cm³/mol. The number of furan rings is 1. The van der Waals surface area contributed by atoms with Crippen molar-refractivity contribution in [3.63, 3.8) is 0 Å². The molecule has 0 fully saturated rings. The molecule has 274 valence electrons. The molecule has 0 saturated heterocycles. The molecule has 0 aliphatic heterocycles. The van der Waals surface area contributed by atoms with Crippen molar-refractivity contribution in [2.45, 2.75) is 38.5 Å². The third-order valence-corrected chi connectivity index (χ3v) is 10.6. The van der Waals surface area contributed by atoms with Crippen molar-refractivity contribution in [2.24, 2.45) is 0 Å². The van der Waals surface area contributed by atoms with Gasteiger partial charge >= 0.3 is 0 Å². The van der Waals surface area contributed by atoms with Crippen molar-refractivity contribution in [1.82, 2.24) is 15.0 Å². The summed E-state index contributed by atoms with van der Waals surface area (Å²) in [6.45, 7) is 0. The van der Waals surface area contributed by atoms with E-state index in [1.165, 1.54) is 27.8 Å². The molecule has 0 amide bonds. The van der Waals surface area contributed by atoms with Crippen LogP contribution in [0.1, 0.15) is 40.3 Å². The van der Waals surface area contributed by atoms with Crippen LogP contribution in [0.15, 0.2) is 175 Å². The minimum Gasteiger partial charge on any atom is -0.455 e. The van der Waals surface area contributed by atoms with E-state index in [2.05, 4.69) is 84.9 Å². The van der Waals surface area contributed by atoms with E-state index in [9.17, 15) is 5.26 Å². The van der Waals surface area contributed by atoms with E-state index in [-0.39, 0.29) is 6.04 Å². The van der Waals surface area contributed by atoms with Gasteiger partial charge in [0.05, 0.1) is 30.1 Å². The van der Waals surface area contributed by atoms with Gasteiger partial charge in [-0.3, -0.25) is 15.0 Å². The highest BCUT2D eigenvalue weighted by atomic mass is 16.3. The Morgan fingerprint density at radius 1 is 0.474 bits per heavy atom. The Morgan fingerprint density at radius 2 is 0.965 bits per heavy atom. The summed E-state index contributed by atoms with van der Waals surface area (Å²) in [6, 6.07) is 52.3. The van der Waals surface area contributed by atoms with Gasteiger partial charge in [-0.25, -0.2) is 0 Å². The molecule has 0 atom stereocenters. The number of aryl methyl sites for hydroxylation is 6. The Bertz CT molecular complexity index is 2780. The molecule has 5 heteroatoms. The number of pyridine rings is 3. The SMILES string of the molecule is [2H]c1c(C#N)ccc2c1oc1c(-c3ccc(CCc4cc(CCc5ccc(-c6ccccc6)nc5)cc(CCc5ccc(-c6ccccc6)nc5)c4)cn3)cccc12. The number of nitriles is 1. The van der Waals surface area contributed by atoms with Gasteiger partial charge in [0.15, 0.2) is 0 Å². The molecule has 0 aliphatic rings. The largest absolute Gasteiger partial charge is 0.455 e. The van der Waals surface area contributed by atoms with Crippen LogP contribution in [0.4, 0.5) is 0 Å². The first-order valence-corrected chi connectivity index (χ1v) is 19.5. The second kappa shape index (κ2) is 16.3. The summed E-state index contributed by atoms with van der Waals surface area (Å²) >= 11 is 0. The first kappa shape index (κ1) is 34.3. The molecular formula is C52H40N4O. The molecule has 4 aromatic heterocycles. The number of aromatic nitrogens is 3. The molecule has 5 nitrogen and oxygen atoms in total. The topological polar surface area (TPSA) is 75.6 Å². The average Bonchev–Trinajstić information content (AvgIpc) is 3.68. The summed E-state index contributed by atoms with van der Waals surface area (Å²) < 4.78 is 14.7. The Balaban J connectivity index is 0.922. The molecular weight excluding hydrogens is 697 g/mol. The highest BCUT2D eigenvalue weighted by molar-refractivity contribution is 6.09. The molecule has 0 unspecified atom stereocenters. The van der Waals surface area contributed by atoms with Crippen molar-refractivity contribution >= 4 is 21.9 Å². The van der Waals surface area contributed by atoms with Crippen LogP contribution in [-0.2, 0) is 38.5 Å². The lowest BCUT2D eigenvalue weighted by Crippen LogP contribution is -2.00. The minimum atomic E-state index is 0.113. The maximum Gasteiger partial charge on any atom is 0.144 e. The summed E-state index contributed by atoms with van der Waals surface area (Å²) in [5.74, 6) is 0. The fraction of sp³-hybridized carbons (Fsp3) is 0.115. The van der Waals surface area contributed by atoms with Crippen LogP contribution in [0.5, 0.6) is 0 Å². The molecule has 9 rings (SSSR count). The Morgan fingerprint density at radius 3 is 1.44 bits per heavy atom. The van der Waals surface area contributed by atoms with Gasteiger partial charge in [0.1, 0.15) is 11.2 Å². The lowest BCUT2D eigenvalue weighted by molar-refractivity contribution is 0.669. The normalized spacial score (nSPS) is 11.5. The Hall–Kier alpha value is -7.16. The lowest BCUT2D eigenvalue weighted by Gasteiger charge is -2.12. The number of benzene rings is 5. The molecule has 0 N–H and O–H groups in total. The highest BCUT2D eigenvalue weighted by Gasteiger charge is 2.14. The number of fused-ring (bicyclic) bond motifs is 3. The molecule has 57 heavy (non-hydrogen) atoms. The maximum absolute atomic E-state index is 9.44. The van der Waals surface area contributed by atoms with Gasteiger partial charge in [0.25, 0.3) is 0 Å². The van der Waals surface area contributed by atoms with Crippen molar-refractivity contribution in [3.05, 3.63) is 209 Å². The molecule has 5 aromatic carbocycles. The third kappa shape index (κ3) is 8.12. The summed E-state index contributed by atoms with van der Waals surface area (Å²) in [7, 11) is 0. The van der Waals surface area contributed by atoms with Crippen molar-refractivity contribution in [2.75, 3.05) is 0 Å². The van der Waals surface area contributed by atoms with Crippen LogP contribution in [-0.4, -0.2) is 15.0 Å². The molecule has 4 heterocycles. The van der Waals surface area contributed by atoms with Crippen LogP contribution < -0.4 is 0 Å². The summed E-state index contributed by atoms with van der Waals surface area (Å²) in [5, 5.41) is 11.2. The number of para-hydroxylation sites is 1. The fourth-order valence-electron chi connectivity index (χ4n) is 7.57. The van der Waals surface area contributed by atoms with Crippen molar-refractivity contribution < 1.29 is 5.79 Å². The fourth-order valence-corrected chi connectivity index (χ4v) is 7.57. The van der Waals surface area contributed by atoms with Crippen LogP contribution in [0, 0.1) is 11.3 Å². The predicted octanol–water partition coefficient (Wildman–Crippen LogP) is 12.0. The average molecular weight is 738 g/mol. The zero-order chi connectivity index (χ0) is 39.3. The first-order valence-electron chi connectivity index (χ1n) is 20.0. The van der Waals surface area contributed by atoms with Crippen molar-refractivity contribution in [3.8, 4) is 39.8 Å². The van der Waals surface area contributed by atoms with Gasteiger partial charge in [0, 0.05) is 46.1 Å². The molecule has 0 bridgehead atoms. The lowest BCUT2D eigenvalue weighted by atomic mass is 9.94. The van der Waals surface area contributed by atoms with E-state index in [4.69, 9.17) is 20.7 Å². The van der Waals surface area contributed by atoms with Gasteiger partial charge < -0.3 is 4.42 Å². The van der Waals surface area contributed by atoms with E-state index >= 15 is 0 Å². The Kier molecular flexibility index (Phi) is 9.81. The van der Waals surface area contributed by atoms with E-state index in [1.54, 1.807) is 6.07 Å². The van der Waals surface area contributed by atoms with Crippen LogP contribution >= 0.6 is 0 Å². The minimum absolute atomic E-state index is 0.113. The summed E-state index contributed by atoms with van der Waals surface area (Å²) in [5.41, 5.74) is 14.9. The smallest absolute Gasteiger partial charge is 0.144 e. The zero-order valence-electron chi connectivity index (χ0n) is 32.5. The molecule has 0 spiro atoms. The van der Waals surface area contributed by atoms with Gasteiger partial charge in [-0.15, -0.1) is 0 Å². The van der Waals surface area contributed by atoms with Gasteiger partial charge in [-0.2, -0.15) is 5.26 Å². The van der Waals surface area contributed by atoms with Crippen LogP contribution in [0.25, 0.3) is 55.7 Å². The van der Waals surface area contributed by atoms with E-state index in [0.717, 1.165) is 88.6 Å². The third-order valence-electron chi connectivity index (χ3n) is 10.6. The van der Waals surface area contributed by atoms with E-state index < -0.39 is 0 Å². The first-order chi connectivity index (χ1) is 28.6. The van der Waals surface area contributed by atoms with Crippen molar-refractivity contribution in [1.29, 1.82) is 5.26 Å². The maximum atomic E-state index is 9.44. The Labute approximate surface area is 334 Å². The van der Waals surface area contributed by atoms with Gasteiger partial charge in [-0.05, 0) is 114 Å². The summed E-state index contributed by atoms with van der Waals surface area (Å²) in [6.07, 6.45) is 11.5. The standard InChI is InChI=1S/C52H40N4O/c53-32-42-20-24-45-46-12-7-13-47(52(46)57-51(45)31-42)50-27-23-38(35-56-50)16-19-41-29-39(17-14-36-21-25-48(54-33-36)43-8-3-1-4-9-43)28-40(30-41)18-15-37-22-26-49(55-34-37)44-10-5-2-6-11-44/h1-13,20-31,33-35H,14-19H2/i31D. The van der Waals surface area contributed by atoms with E-state index in [0.29, 0.717) is 16.7 Å². The second-order valence-corrected chi connectivity index (χ2v) is 14.6. The second-order valence-electron chi connectivity index (χ2n) is 14.6. The quantitative estimate of drug-likeness (QED) is 0.125. The van der Waals surface area contributed by atoms with Gasteiger partial charge in [0.2, 0.25) is 0 Å². The molecule has 9 aromatic rings. The number of hydrogen-bond acceptors (Lipinski definition) is 5.